The predicted octanol–water partition coefficient (Wildman–Crippen LogP) is 2.12. The highest BCUT2D eigenvalue weighted by Gasteiger charge is 2.10. The highest BCUT2D eigenvalue weighted by molar-refractivity contribution is 7.09. The van der Waals surface area contributed by atoms with Crippen LogP contribution in [-0.4, -0.2) is 22.4 Å². The third kappa shape index (κ3) is 5.59. The summed E-state index contributed by atoms with van der Waals surface area (Å²) < 4.78 is 0. The normalized spacial score (nSPS) is 9.43. The lowest BCUT2D eigenvalue weighted by Crippen LogP contribution is -2.24. The Bertz CT molecular complexity index is 577. The van der Waals surface area contributed by atoms with Gasteiger partial charge in [0.1, 0.15) is 5.69 Å². The van der Waals surface area contributed by atoms with Gasteiger partial charge >= 0.3 is 0 Å². The summed E-state index contributed by atoms with van der Waals surface area (Å²) in [5.74, 6) is -0.176. The number of pyridine rings is 1. The molecule has 3 N–H and O–H groups in total. The van der Waals surface area contributed by atoms with Crippen LogP contribution in [0.4, 0.5) is 0 Å². The molecule has 116 valence electrons. The van der Waals surface area contributed by atoms with E-state index in [1.807, 2.05) is 19.1 Å². The summed E-state index contributed by atoms with van der Waals surface area (Å²) in [6.07, 6.45) is 2.42. The van der Waals surface area contributed by atoms with E-state index in [0.717, 1.165) is 16.3 Å². The van der Waals surface area contributed by atoms with Crippen LogP contribution >= 0.6 is 36.2 Å². The SMILES string of the molecule is Cc1cccnc1CNC(=O)c1csc(CCN)n1.Cl.Cl. The summed E-state index contributed by atoms with van der Waals surface area (Å²) in [4.78, 5) is 20.4. The predicted molar refractivity (Wildman–Crippen MR) is 89.5 cm³/mol. The summed E-state index contributed by atoms with van der Waals surface area (Å²) in [7, 11) is 0. The van der Waals surface area contributed by atoms with Crippen molar-refractivity contribution in [3.8, 4) is 0 Å². The number of hydrogen-bond donors (Lipinski definition) is 2. The van der Waals surface area contributed by atoms with Gasteiger partial charge in [0, 0.05) is 18.0 Å². The van der Waals surface area contributed by atoms with Crippen LogP contribution in [0.3, 0.4) is 0 Å². The van der Waals surface area contributed by atoms with Gasteiger partial charge in [-0.15, -0.1) is 36.2 Å². The number of hydrogen-bond acceptors (Lipinski definition) is 5. The smallest absolute Gasteiger partial charge is 0.271 e. The second-order valence-corrected chi connectivity index (χ2v) is 5.06. The Morgan fingerprint density at radius 1 is 1.43 bits per heavy atom. The van der Waals surface area contributed by atoms with Crippen LogP contribution in [0.25, 0.3) is 0 Å². The number of thiazole rings is 1. The molecule has 0 saturated carbocycles. The lowest BCUT2D eigenvalue weighted by atomic mass is 10.2. The van der Waals surface area contributed by atoms with Crippen molar-refractivity contribution in [2.45, 2.75) is 19.9 Å². The number of halogens is 2. The summed E-state index contributed by atoms with van der Waals surface area (Å²) in [6, 6.07) is 3.84. The molecule has 0 aliphatic heterocycles. The number of nitrogens with two attached hydrogens (primary N) is 1. The number of aromatic nitrogens is 2. The van der Waals surface area contributed by atoms with Gasteiger partial charge in [-0.1, -0.05) is 6.07 Å². The van der Waals surface area contributed by atoms with Crippen molar-refractivity contribution in [1.29, 1.82) is 0 Å². The lowest BCUT2D eigenvalue weighted by Gasteiger charge is -2.05. The van der Waals surface area contributed by atoms with E-state index >= 15 is 0 Å². The van der Waals surface area contributed by atoms with Gasteiger partial charge in [0.15, 0.2) is 0 Å². The van der Waals surface area contributed by atoms with Crippen molar-refractivity contribution < 1.29 is 4.79 Å². The zero-order valence-corrected chi connectivity index (χ0v) is 14.0. The Kier molecular flexibility index (Phi) is 9.12. The van der Waals surface area contributed by atoms with Crippen molar-refractivity contribution in [3.05, 3.63) is 45.7 Å². The molecule has 0 aliphatic rings. The van der Waals surface area contributed by atoms with Crippen molar-refractivity contribution in [2.24, 2.45) is 5.73 Å². The van der Waals surface area contributed by atoms with Crippen LogP contribution in [0.5, 0.6) is 0 Å². The average Bonchev–Trinajstić information content (AvgIpc) is 2.87. The first-order valence-electron chi connectivity index (χ1n) is 6.04. The van der Waals surface area contributed by atoms with E-state index in [-0.39, 0.29) is 30.7 Å². The minimum Gasteiger partial charge on any atom is -0.345 e. The zero-order valence-electron chi connectivity index (χ0n) is 11.5. The number of amides is 1. The molecule has 0 aromatic carbocycles. The first-order chi connectivity index (χ1) is 9.20. The van der Waals surface area contributed by atoms with E-state index < -0.39 is 0 Å². The Morgan fingerprint density at radius 3 is 2.86 bits per heavy atom. The van der Waals surface area contributed by atoms with E-state index in [9.17, 15) is 4.79 Å². The Balaban J connectivity index is 0.00000200. The second-order valence-electron chi connectivity index (χ2n) is 4.11. The fraction of sp³-hybridized carbons (Fsp3) is 0.308. The van der Waals surface area contributed by atoms with E-state index in [0.29, 0.717) is 25.2 Å². The maximum atomic E-state index is 11.9. The van der Waals surface area contributed by atoms with Gasteiger partial charge in [-0.3, -0.25) is 9.78 Å². The van der Waals surface area contributed by atoms with Crippen LogP contribution in [0.2, 0.25) is 0 Å². The second kappa shape index (κ2) is 9.68. The maximum absolute atomic E-state index is 11.9. The molecule has 0 saturated heterocycles. The molecule has 2 aromatic heterocycles. The molecule has 8 heteroatoms. The van der Waals surface area contributed by atoms with Crippen LogP contribution in [-0.2, 0) is 13.0 Å². The number of carbonyl (C=O) groups excluding carboxylic acids is 1. The summed E-state index contributed by atoms with van der Waals surface area (Å²) in [6.45, 7) is 2.92. The van der Waals surface area contributed by atoms with Crippen molar-refractivity contribution >= 4 is 42.1 Å². The highest BCUT2D eigenvalue weighted by atomic mass is 35.5. The molecule has 2 heterocycles. The minimum atomic E-state index is -0.176. The van der Waals surface area contributed by atoms with E-state index in [1.54, 1.807) is 11.6 Å². The minimum absolute atomic E-state index is 0. The lowest BCUT2D eigenvalue weighted by molar-refractivity contribution is 0.0946. The molecule has 21 heavy (non-hydrogen) atoms. The molecule has 0 radical (unpaired) electrons. The first-order valence-corrected chi connectivity index (χ1v) is 6.92. The molecule has 0 spiro atoms. The van der Waals surface area contributed by atoms with Crippen molar-refractivity contribution in [3.63, 3.8) is 0 Å². The molecule has 0 unspecified atom stereocenters. The third-order valence-electron chi connectivity index (χ3n) is 2.68. The Labute approximate surface area is 140 Å². The molecule has 2 rings (SSSR count). The number of nitrogens with zero attached hydrogens (tertiary/aromatic N) is 2. The van der Waals surface area contributed by atoms with Gasteiger partial charge in [-0.25, -0.2) is 4.98 Å². The molecule has 5 nitrogen and oxygen atoms in total. The molecule has 0 fully saturated rings. The van der Waals surface area contributed by atoms with Gasteiger partial charge in [0.2, 0.25) is 0 Å². The van der Waals surface area contributed by atoms with Gasteiger partial charge < -0.3 is 11.1 Å². The molecule has 0 atom stereocenters. The van der Waals surface area contributed by atoms with E-state index in [2.05, 4.69) is 15.3 Å². The largest absolute Gasteiger partial charge is 0.345 e. The fourth-order valence-electron chi connectivity index (χ4n) is 1.61. The molecule has 0 bridgehead atoms. The zero-order chi connectivity index (χ0) is 13.7. The van der Waals surface area contributed by atoms with Crippen LogP contribution in [0.15, 0.2) is 23.7 Å². The van der Waals surface area contributed by atoms with Crippen LogP contribution in [0.1, 0.15) is 26.8 Å². The molecule has 1 amide bonds. The average molecular weight is 349 g/mol. The topological polar surface area (TPSA) is 80.9 Å². The van der Waals surface area contributed by atoms with Gasteiger partial charge in [0.05, 0.1) is 17.2 Å². The molecular weight excluding hydrogens is 331 g/mol. The fourth-order valence-corrected chi connectivity index (χ4v) is 2.41. The highest BCUT2D eigenvalue weighted by Crippen LogP contribution is 2.10. The Hall–Kier alpha value is -1.21. The maximum Gasteiger partial charge on any atom is 0.271 e. The van der Waals surface area contributed by atoms with Crippen LogP contribution in [0, 0.1) is 6.92 Å². The molecule has 2 aromatic rings. The number of aryl methyl sites for hydroxylation is 1. The molecular formula is C13H18Cl2N4OS. The standard InChI is InChI=1S/C13H16N4OS.2ClH/c1-9-3-2-6-15-10(9)7-16-13(18)11-8-19-12(17-11)4-5-14;;/h2-3,6,8H,4-5,7,14H2,1H3,(H,16,18);2*1H. The van der Waals surface area contributed by atoms with Crippen molar-refractivity contribution in [1.82, 2.24) is 15.3 Å². The summed E-state index contributed by atoms with van der Waals surface area (Å²) in [5, 5.41) is 5.47. The third-order valence-corrected chi connectivity index (χ3v) is 3.59. The number of nitrogens with one attached hydrogen (secondary N) is 1. The van der Waals surface area contributed by atoms with Crippen molar-refractivity contribution in [2.75, 3.05) is 6.54 Å². The van der Waals surface area contributed by atoms with E-state index in [4.69, 9.17) is 5.73 Å². The quantitative estimate of drug-likeness (QED) is 0.866. The number of rotatable bonds is 5. The van der Waals surface area contributed by atoms with Gasteiger partial charge in [0.25, 0.3) is 5.91 Å². The number of carbonyl (C=O) groups is 1. The molecule has 0 aliphatic carbocycles. The monoisotopic (exact) mass is 348 g/mol. The van der Waals surface area contributed by atoms with E-state index in [1.165, 1.54) is 11.3 Å². The van der Waals surface area contributed by atoms with Crippen LogP contribution < -0.4 is 11.1 Å². The summed E-state index contributed by atoms with van der Waals surface area (Å²) >= 11 is 1.46. The Morgan fingerprint density at radius 2 is 2.19 bits per heavy atom. The summed E-state index contributed by atoms with van der Waals surface area (Å²) in [5.41, 5.74) is 7.83. The van der Waals surface area contributed by atoms with Gasteiger partial charge in [-0.2, -0.15) is 0 Å². The first kappa shape index (κ1) is 19.8. The van der Waals surface area contributed by atoms with Gasteiger partial charge in [-0.05, 0) is 25.1 Å².